The van der Waals surface area contributed by atoms with E-state index >= 15 is 0 Å². The van der Waals surface area contributed by atoms with E-state index in [2.05, 4.69) is 0 Å². The molecule has 0 bridgehead atoms. The van der Waals surface area contributed by atoms with Crippen molar-refractivity contribution in [1.29, 1.82) is 0 Å². The van der Waals surface area contributed by atoms with Gasteiger partial charge in [-0.1, -0.05) is 24.3 Å². The highest BCUT2D eigenvalue weighted by atomic mass is 16.6. The molecule has 0 radical (unpaired) electrons. The van der Waals surface area contributed by atoms with Crippen LogP contribution in [0.3, 0.4) is 0 Å². The van der Waals surface area contributed by atoms with Crippen molar-refractivity contribution in [3.05, 3.63) is 75.5 Å². The minimum Gasteiger partial charge on any atom is -0.330 e. The second-order valence-electron chi connectivity index (χ2n) is 7.22. The molecular formula is C21H17N3O4. The van der Waals surface area contributed by atoms with Gasteiger partial charge in [-0.3, -0.25) is 24.3 Å². The van der Waals surface area contributed by atoms with Crippen molar-refractivity contribution in [2.24, 2.45) is 0 Å². The third-order valence-corrected chi connectivity index (χ3v) is 5.76. The molecule has 0 spiro atoms. The van der Waals surface area contributed by atoms with Crippen LogP contribution >= 0.6 is 0 Å². The fourth-order valence-corrected chi connectivity index (χ4v) is 4.57. The second-order valence-corrected chi connectivity index (χ2v) is 7.22. The van der Waals surface area contributed by atoms with Crippen LogP contribution in [0.2, 0.25) is 0 Å². The number of carbonyl (C=O) groups is 2. The molecule has 1 aromatic heterocycles. The summed E-state index contributed by atoms with van der Waals surface area (Å²) in [5.74, 6) is -0.177. The van der Waals surface area contributed by atoms with E-state index in [1.165, 1.54) is 18.2 Å². The molecule has 0 aliphatic carbocycles. The molecule has 2 aromatic carbocycles. The van der Waals surface area contributed by atoms with Gasteiger partial charge in [-0.25, -0.2) is 0 Å². The number of hydrogen-bond donors (Lipinski definition) is 0. The number of benzene rings is 2. The highest BCUT2D eigenvalue weighted by Gasteiger charge is 2.39. The molecule has 2 aliphatic rings. The summed E-state index contributed by atoms with van der Waals surface area (Å²) in [5.41, 5.74) is 3.14. The SMILES string of the molecule is O=C(c1cccc([N+](=O)[O-])c1)N1CCc2c3n(c4ccccc24)C(=O)CCC31. The predicted molar refractivity (Wildman–Crippen MR) is 102 cm³/mol. The number of amides is 1. The van der Waals surface area contributed by atoms with Gasteiger partial charge < -0.3 is 4.90 Å². The van der Waals surface area contributed by atoms with E-state index in [4.69, 9.17) is 0 Å². The van der Waals surface area contributed by atoms with Gasteiger partial charge in [0.2, 0.25) is 5.91 Å². The van der Waals surface area contributed by atoms with Gasteiger partial charge in [-0.15, -0.1) is 0 Å². The van der Waals surface area contributed by atoms with Crippen molar-refractivity contribution in [1.82, 2.24) is 9.47 Å². The van der Waals surface area contributed by atoms with Crippen LogP contribution in [0.15, 0.2) is 48.5 Å². The van der Waals surface area contributed by atoms with Crippen LogP contribution in [-0.2, 0) is 6.42 Å². The third-order valence-electron chi connectivity index (χ3n) is 5.76. The van der Waals surface area contributed by atoms with Crippen LogP contribution in [0, 0.1) is 10.1 Å². The topological polar surface area (TPSA) is 85.4 Å². The van der Waals surface area contributed by atoms with Crippen molar-refractivity contribution >= 4 is 28.4 Å². The molecule has 7 nitrogen and oxygen atoms in total. The number of para-hydroxylation sites is 1. The highest BCUT2D eigenvalue weighted by Crippen LogP contribution is 2.42. The maximum Gasteiger partial charge on any atom is 0.270 e. The van der Waals surface area contributed by atoms with Crippen molar-refractivity contribution in [3.63, 3.8) is 0 Å². The number of aromatic nitrogens is 1. The Morgan fingerprint density at radius 2 is 1.93 bits per heavy atom. The largest absolute Gasteiger partial charge is 0.330 e. The number of nitro groups is 1. The van der Waals surface area contributed by atoms with E-state index in [1.807, 2.05) is 24.3 Å². The molecule has 3 aromatic rings. The molecule has 1 amide bonds. The summed E-state index contributed by atoms with van der Waals surface area (Å²) in [6, 6.07) is 13.5. The summed E-state index contributed by atoms with van der Waals surface area (Å²) < 4.78 is 1.77. The fourth-order valence-electron chi connectivity index (χ4n) is 4.57. The summed E-state index contributed by atoms with van der Waals surface area (Å²) in [7, 11) is 0. The average Bonchev–Trinajstić information content (AvgIpc) is 3.06. The zero-order chi connectivity index (χ0) is 19.4. The van der Waals surface area contributed by atoms with E-state index in [9.17, 15) is 19.7 Å². The molecule has 0 N–H and O–H groups in total. The minimum absolute atomic E-state index is 0.0540. The Bertz CT molecular complexity index is 1160. The van der Waals surface area contributed by atoms with Crippen molar-refractivity contribution in [2.45, 2.75) is 25.3 Å². The molecule has 1 atom stereocenters. The molecule has 0 saturated carbocycles. The summed E-state index contributed by atoms with van der Waals surface area (Å²) in [6.45, 7) is 0.529. The van der Waals surface area contributed by atoms with Crippen LogP contribution in [0.5, 0.6) is 0 Å². The van der Waals surface area contributed by atoms with Crippen LogP contribution in [0.4, 0.5) is 5.69 Å². The van der Waals surface area contributed by atoms with Gasteiger partial charge in [0.25, 0.3) is 11.6 Å². The van der Waals surface area contributed by atoms with Gasteiger partial charge in [0.1, 0.15) is 0 Å². The molecule has 5 rings (SSSR count). The zero-order valence-corrected chi connectivity index (χ0v) is 15.0. The van der Waals surface area contributed by atoms with Crippen LogP contribution in [-0.4, -0.2) is 32.7 Å². The summed E-state index contributed by atoms with van der Waals surface area (Å²) in [5, 5.41) is 12.1. The Hall–Kier alpha value is -3.48. The molecule has 28 heavy (non-hydrogen) atoms. The first-order valence-electron chi connectivity index (χ1n) is 9.27. The number of carbonyl (C=O) groups excluding carboxylic acids is 2. The van der Waals surface area contributed by atoms with Crippen molar-refractivity contribution in [2.75, 3.05) is 6.54 Å². The number of non-ortho nitro benzene ring substituents is 1. The first-order chi connectivity index (χ1) is 13.6. The number of nitro benzene ring substituents is 1. The zero-order valence-electron chi connectivity index (χ0n) is 15.0. The van der Waals surface area contributed by atoms with Gasteiger partial charge in [0.05, 0.1) is 22.2 Å². The lowest BCUT2D eigenvalue weighted by Gasteiger charge is -2.39. The molecule has 0 fully saturated rings. The normalized spacial score (nSPS) is 18.2. The van der Waals surface area contributed by atoms with Gasteiger partial charge >= 0.3 is 0 Å². The van der Waals surface area contributed by atoms with Gasteiger partial charge in [-0.05, 0) is 30.5 Å². The van der Waals surface area contributed by atoms with Crippen LogP contribution in [0.25, 0.3) is 10.9 Å². The number of nitrogens with zero attached hydrogens (tertiary/aromatic N) is 3. The van der Waals surface area contributed by atoms with Crippen LogP contribution < -0.4 is 0 Å². The van der Waals surface area contributed by atoms with Crippen molar-refractivity contribution in [3.8, 4) is 0 Å². The molecule has 3 heterocycles. The molecule has 140 valence electrons. The smallest absolute Gasteiger partial charge is 0.270 e. The molecule has 1 unspecified atom stereocenters. The number of fused-ring (bicyclic) bond motifs is 3. The third kappa shape index (κ3) is 2.29. The van der Waals surface area contributed by atoms with E-state index in [1.54, 1.807) is 15.5 Å². The second kappa shape index (κ2) is 6.02. The van der Waals surface area contributed by atoms with Gasteiger partial charge in [0.15, 0.2) is 0 Å². The quantitative estimate of drug-likeness (QED) is 0.505. The first-order valence-corrected chi connectivity index (χ1v) is 9.27. The predicted octanol–water partition coefficient (Wildman–Crippen LogP) is 3.72. The Kier molecular flexibility index (Phi) is 3.58. The monoisotopic (exact) mass is 375 g/mol. The lowest BCUT2D eigenvalue weighted by atomic mass is 9.91. The van der Waals surface area contributed by atoms with E-state index in [0.29, 0.717) is 31.4 Å². The first kappa shape index (κ1) is 16.7. The van der Waals surface area contributed by atoms with Crippen molar-refractivity contribution < 1.29 is 14.5 Å². The molecule has 0 saturated heterocycles. The summed E-state index contributed by atoms with van der Waals surface area (Å²) >= 11 is 0. The van der Waals surface area contributed by atoms with E-state index in [-0.39, 0.29) is 23.5 Å². The Morgan fingerprint density at radius 1 is 1.11 bits per heavy atom. The number of hydrogen-bond acceptors (Lipinski definition) is 4. The number of rotatable bonds is 2. The molecule has 2 aliphatic heterocycles. The highest BCUT2D eigenvalue weighted by molar-refractivity contribution is 5.99. The summed E-state index contributed by atoms with van der Waals surface area (Å²) in [6.07, 6.45) is 1.60. The minimum atomic E-state index is -0.498. The fraction of sp³-hybridized carbons (Fsp3) is 0.238. The maximum absolute atomic E-state index is 13.2. The maximum atomic E-state index is 13.2. The molecule has 7 heteroatoms. The Balaban J connectivity index is 1.61. The lowest BCUT2D eigenvalue weighted by Crippen LogP contribution is -2.43. The van der Waals surface area contributed by atoms with E-state index < -0.39 is 4.92 Å². The average molecular weight is 375 g/mol. The van der Waals surface area contributed by atoms with Gasteiger partial charge in [0, 0.05) is 36.0 Å². The summed E-state index contributed by atoms with van der Waals surface area (Å²) in [4.78, 5) is 38.2. The van der Waals surface area contributed by atoms with Gasteiger partial charge in [-0.2, -0.15) is 0 Å². The lowest BCUT2D eigenvalue weighted by molar-refractivity contribution is -0.384. The van der Waals surface area contributed by atoms with E-state index in [0.717, 1.165) is 22.2 Å². The van der Waals surface area contributed by atoms with Crippen LogP contribution in [0.1, 0.15) is 45.3 Å². The Morgan fingerprint density at radius 3 is 2.75 bits per heavy atom. The molecular weight excluding hydrogens is 358 g/mol. The Labute approximate surface area is 160 Å². The standard InChI is InChI=1S/C21H17N3O4/c25-19-9-8-18-20-16(15-6-1-2-7-17(15)23(19)20)10-11-22(18)21(26)13-4-3-5-14(12-13)24(27)28/h1-7,12,18H,8-11H2.